The lowest BCUT2D eigenvalue weighted by molar-refractivity contribution is -0.141. The van der Waals surface area contributed by atoms with Gasteiger partial charge in [-0.3, -0.25) is 4.79 Å². The second-order valence-corrected chi connectivity index (χ2v) is 9.75. The fourth-order valence-corrected chi connectivity index (χ4v) is 5.16. The van der Waals surface area contributed by atoms with Gasteiger partial charge in [0.25, 0.3) is 0 Å². The molecule has 1 heterocycles. The number of esters is 2. The summed E-state index contributed by atoms with van der Waals surface area (Å²) in [4.78, 5) is 24.9. The van der Waals surface area contributed by atoms with Crippen LogP contribution >= 0.6 is 11.6 Å². The van der Waals surface area contributed by atoms with Crippen LogP contribution in [0.3, 0.4) is 0 Å². The van der Waals surface area contributed by atoms with E-state index < -0.39 is 18.2 Å². The van der Waals surface area contributed by atoms with Crippen LogP contribution in [0.15, 0.2) is 91.0 Å². The van der Waals surface area contributed by atoms with E-state index in [2.05, 4.69) is 0 Å². The average molecular weight is 519 g/mol. The number of ether oxygens (including phenoxy) is 3. The number of rotatable bonds is 8. The first-order chi connectivity index (χ1) is 18.0. The summed E-state index contributed by atoms with van der Waals surface area (Å²) < 4.78 is 17.0. The van der Waals surface area contributed by atoms with E-state index in [9.17, 15) is 14.7 Å². The molecule has 0 radical (unpaired) electrons. The summed E-state index contributed by atoms with van der Waals surface area (Å²) in [6.07, 6.45) is 2.45. The lowest BCUT2D eigenvalue weighted by Crippen LogP contribution is -2.25. The standard InChI is InChI=1S/C30H27ClO6/c31-22-7-4-8-24(15-22)35-18-23(32)13-14-25-26-16-29(33)36-28(26)17-27(25)37-30(34)21-11-9-20(10-12-21)19-5-2-1-3-6-19/h1-15,23,25-28,32H,16-18H2/b14-13+/t23-,25+,26+,27+,28+/m1/s1. The molecule has 2 fully saturated rings. The largest absolute Gasteiger partial charge is 0.491 e. The summed E-state index contributed by atoms with van der Waals surface area (Å²) in [7, 11) is 0. The maximum Gasteiger partial charge on any atom is 0.338 e. The van der Waals surface area contributed by atoms with Gasteiger partial charge in [0.2, 0.25) is 0 Å². The fraction of sp³-hybridized carbons (Fsp3) is 0.267. The van der Waals surface area contributed by atoms with E-state index in [1.54, 1.807) is 42.5 Å². The zero-order chi connectivity index (χ0) is 25.8. The molecule has 1 saturated carbocycles. The third-order valence-electron chi connectivity index (χ3n) is 6.81. The number of hydrogen-bond donors (Lipinski definition) is 1. The van der Waals surface area contributed by atoms with E-state index >= 15 is 0 Å². The van der Waals surface area contributed by atoms with Crippen molar-refractivity contribution in [1.29, 1.82) is 0 Å². The first-order valence-corrected chi connectivity index (χ1v) is 12.6. The molecule has 0 spiro atoms. The smallest absolute Gasteiger partial charge is 0.338 e. The summed E-state index contributed by atoms with van der Waals surface area (Å²) >= 11 is 5.97. The van der Waals surface area contributed by atoms with Crippen molar-refractivity contribution in [2.75, 3.05) is 6.61 Å². The maximum absolute atomic E-state index is 13.0. The highest BCUT2D eigenvalue weighted by atomic mass is 35.5. The average Bonchev–Trinajstić information content (AvgIpc) is 3.42. The van der Waals surface area contributed by atoms with Gasteiger partial charge in [0, 0.05) is 23.3 Å². The summed E-state index contributed by atoms with van der Waals surface area (Å²) in [5.74, 6) is -0.493. The Hall–Kier alpha value is -3.61. The van der Waals surface area contributed by atoms with Crippen molar-refractivity contribution >= 4 is 23.5 Å². The van der Waals surface area contributed by atoms with E-state index in [0.29, 0.717) is 22.8 Å². The van der Waals surface area contributed by atoms with Crippen LogP contribution in [0.1, 0.15) is 23.2 Å². The molecule has 3 aromatic rings. The zero-order valence-electron chi connectivity index (χ0n) is 20.0. The van der Waals surface area contributed by atoms with Crippen LogP contribution in [-0.4, -0.2) is 42.0 Å². The normalized spacial score (nSPS) is 23.5. The van der Waals surface area contributed by atoms with Crippen LogP contribution in [0.25, 0.3) is 11.1 Å². The second kappa shape index (κ2) is 11.2. The minimum absolute atomic E-state index is 0.0330. The summed E-state index contributed by atoms with van der Waals surface area (Å²) in [5.41, 5.74) is 2.52. The quantitative estimate of drug-likeness (QED) is 0.314. The number of carbonyl (C=O) groups is 2. The van der Waals surface area contributed by atoms with Gasteiger partial charge in [0.1, 0.15) is 30.7 Å². The van der Waals surface area contributed by atoms with Gasteiger partial charge in [-0.25, -0.2) is 4.79 Å². The Kier molecular flexibility index (Phi) is 7.58. The van der Waals surface area contributed by atoms with Gasteiger partial charge < -0.3 is 19.3 Å². The van der Waals surface area contributed by atoms with Gasteiger partial charge in [0.15, 0.2) is 0 Å². The minimum Gasteiger partial charge on any atom is -0.491 e. The Morgan fingerprint density at radius 3 is 2.57 bits per heavy atom. The molecular formula is C30H27ClO6. The van der Waals surface area contributed by atoms with Crippen LogP contribution in [0, 0.1) is 11.8 Å². The Morgan fingerprint density at radius 1 is 1.05 bits per heavy atom. The molecule has 1 N–H and O–H groups in total. The van der Waals surface area contributed by atoms with Crippen molar-refractivity contribution in [2.24, 2.45) is 11.8 Å². The molecule has 2 aliphatic rings. The van der Waals surface area contributed by atoms with Crippen LogP contribution in [0.5, 0.6) is 5.75 Å². The van der Waals surface area contributed by atoms with Crippen LogP contribution in [0.4, 0.5) is 0 Å². The molecule has 7 heteroatoms. The first-order valence-electron chi connectivity index (χ1n) is 12.3. The van der Waals surface area contributed by atoms with E-state index in [4.69, 9.17) is 25.8 Å². The lowest BCUT2D eigenvalue weighted by atomic mass is 9.91. The van der Waals surface area contributed by atoms with Crippen molar-refractivity contribution in [3.05, 3.63) is 102 Å². The fourth-order valence-electron chi connectivity index (χ4n) is 4.98. The Morgan fingerprint density at radius 2 is 1.81 bits per heavy atom. The number of fused-ring (bicyclic) bond motifs is 1. The summed E-state index contributed by atoms with van der Waals surface area (Å²) in [6.45, 7) is 0.0330. The lowest BCUT2D eigenvalue weighted by Gasteiger charge is -2.20. The molecule has 5 rings (SSSR count). The number of hydrogen-bond acceptors (Lipinski definition) is 6. The highest BCUT2D eigenvalue weighted by molar-refractivity contribution is 6.30. The number of aliphatic hydroxyl groups is 1. The SMILES string of the molecule is O=C1C[C@H]2[C@H](/C=C/[C@@H](O)COc3cccc(Cl)c3)[C@@H](OC(=O)c3ccc(-c4ccccc4)cc3)C[C@@H]2O1. The van der Waals surface area contributed by atoms with Gasteiger partial charge in [-0.15, -0.1) is 0 Å². The van der Waals surface area contributed by atoms with E-state index in [1.807, 2.05) is 48.5 Å². The van der Waals surface area contributed by atoms with Crippen molar-refractivity contribution in [3.8, 4) is 16.9 Å². The number of aliphatic hydroxyl groups excluding tert-OH is 1. The maximum atomic E-state index is 13.0. The molecule has 190 valence electrons. The predicted molar refractivity (Wildman–Crippen MR) is 139 cm³/mol. The molecule has 0 bridgehead atoms. The zero-order valence-corrected chi connectivity index (χ0v) is 20.8. The third kappa shape index (κ3) is 6.04. The molecule has 6 nitrogen and oxygen atoms in total. The van der Waals surface area contributed by atoms with Crippen molar-refractivity contribution in [3.63, 3.8) is 0 Å². The number of benzene rings is 3. The molecule has 0 amide bonds. The molecule has 37 heavy (non-hydrogen) atoms. The molecule has 5 atom stereocenters. The first kappa shape index (κ1) is 25.1. The molecular weight excluding hydrogens is 492 g/mol. The van der Waals surface area contributed by atoms with Crippen molar-refractivity contribution in [1.82, 2.24) is 0 Å². The second-order valence-electron chi connectivity index (χ2n) is 9.32. The Bertz CT molecular complexity index is 1270. The van der Waals surface area contributed by atoms with Crippen molar-refractivity contribution in [2.45, 2.75) is 31.2 Å². The van der Waals surface area contributed by atoms with Gasteiger partial charge in [0.05, 0.1) is 12.0 Å². The molecule has 0 unspecified atom stereocenters. The minimum atomic E-state index is -0.891. The molecule has 3 aromatic carbocycles. The molecule has 1 aliphatic carbocycles. The van der Waals surface area contributed by atoms with Gasteiger partial charge >= 0.3 is 11.9 Å². The van der Waals surface area contributed by atoms with Gasteiger partial charge in [-0.1, -0.05) is 72.3 Å². The Labute approximate surface area is 220 Å². The van der Waals surface area contributed by atoms with E-state index in [-0.39, 0.29) is 36.9 Å². The number of carbonyl (C=O) groups excluding carboxylic acids is 2. The van der Waals surface area contributed by atoms with Gasteiger partial charge in [-0.2, -0.15) is 0 Å². The number of halogens is 1. The van der Waals surface area contributed by atoms with E-state index in [0.717, 1.165) is 11.1 Å². The Balaban J connectivity index is 1.24. The van der Waals surface area contributed by atoms with Crippen LogP contribution < -0.4 is 4.74 Å². The molecule has 1 saturated heterocycles. The summed E-state index contributed by atoms with van der Waals surface area (Å²) in [5, 5.41) is 11.0. The predicted octanol–water partition coefficient (Wildman–Crippen LogP) is 5.48. The molecule has 0 aromatic heterocycles. The summed E-state index contributed by atoms with van der Waals surface area (Å²) in [6, 6.07) is 24.1. The topological polar surface area (TPSA) is 82.1 Å². The highest BCUT2D eigenvalue weighted by Gasteiger charge is 2.50. The van der Waals surface area contributed by atoms with Crippen molar-refractivity contribution < 1.29 is 28.9 Å². The van der Waals surface area contributed by atoms with E-state index in [1.165, 1.54) is 0 Å². The van der Waals surface area contributed by atoms with Crippen LogP contribution in [0.2, 0.25) is 5.02 Å². The van der Waals surface area contributed by atoms with Gasteiger partial charge in [-0.05, 0) is 41.5 Å². The highest BCUT2D eigenvalue weighted by Crippen LogP contribution is 2.43. The van der Waals surface area contributed by atoms with Crippen LogP contribution in [-0.2, 0) is 14.3 Å². The molecule has 1 aliphatic heterocycles. The monoisotopic (exact) mass is 518 g/mol. The third-order valence-corrected chi connectivity index (χ3v) is 7.04.